The second kappa shape index (κ2) is 8.13. The summed E-state index contributed by atoms with van der Waals surface area (Å²) >= 11 is 0. The van der Waals surface area contributed by atoms with E-state index in [2.05, 4.69) is 29.6 Å². The van der Waals surface area contributed by atoms with E-state index in [4.69, 9.17) is 4.42 Å². The number of carbonyl (C=O) groups is 2. The predicted octanol–water partition coefficient (Wildman–Crippen LogP) is 4.00. The fourth-order valence-corrected chi connectivity index (χ4v) is 3.51. The van der Waals surface area contributed by atoms with Gasteiger partial charge in [-0.25, -0.2) is 0 Å². The average Bonchev–Trinajstić information content (AvgIpc) is 3.40. The number of likely N-dealkylation sites (tertiary alicyclic amines) is 1. The summed E-state index contributed by atoms with van der Waals surface area (Å²) < 4.78 is 5.13. The Labute approximate surface area is 164 Å². The molecular weight excluding hydrogens is 352 g/mol. The Balaban J connectivity index is 1.46. The molecule has 142 valence electrons. The lowest BCUT2D eigenvalue weighted by Crippen LogP contribution is -2.23. The van der Waals surface area contributed by atoms with Crippen LogP contribution in [0.2, 0.25) is 0 Å². The third-order valence-electron chi connectivity index (χ3n) is 5.01. The number of carbonyl (C=O) groups excluding carboxylic acids is 2. The fourth-order valence-electron chi connectivity index (χ4n) is 3.51. The number of hydrogen-bond acceptors (Lipinski definition) is 3. The van der Waals surface area contributed by atoms with Crippen LogP contribution in [0.5, 0.6) is 0 Å². The van der Waals surface area contributed by atoms with Gasteiger partial charge in [0.05, 0.1) is 6.26 Å². The van der Waals surface area contributed by atoms with E-state index in [0.29, 0.717) is 25.3 Å². The van der Waals surface area contributed by atoms with Crippen molar-refractivity contribution in [3.8, 4) is 11.1 Å². The van der Waals surface area contributed by atoms with Crippen molar-refractivity contribution < 1.29 is 14.0 Å². The van der Waals surface area contributed by atoms with Crippen molar-refractivity contribution in [3.63, 3.8) is 0 Å². The molecule has 0 bridgehead atoms. The van der Waals surface area contributed by atoms with E-state index in [1.807, 2.05) is 29.2 Å². The highest BCUT2D eigenvalue weighted by Gasteiger charge is 2.20. The minimum atomic E-state index is -0.231. The molecule has 5 nitrogen and oxygen atoms in total. The normalized spacial score (nSPS) is 13.7. The van der Waals surface area contributed by atoms with Gasteiger partial charge in [-0.1, -0.05) is 48.5 Å². The molecule has 0 unspecified atom stereocenters. The molecule has 1 saturated heterocycles. The van der Waals surface area contributed by atoms with Gasteiger partial charge in [-0.05, 0) is 40.8 Å². The first-order valence-corrected chi connectivity index (χ1v) is 9.47. The molecule has 28 heavy (non-hydrogen) atoms. The van der Waals surface area contributed by atoms with Crippen LogP contribution in [0.3, 0.4) is 0 Å². The van der Waals surface area contributed by atoms with E-state index in [1.54, 1.807) is 12.1 Å². The van der Waals surface area contributed by atoms with Gasteiger partial charge in [0.15, 0.2) is 5.76 Å². The van der Waals surface area contributed by atoms with Gasteiger partial charge in [0.1, 0.15) is 0 Å². The summed E-state index contributed by atoms with van der Waals surface area (Å²) in [5.41, 5.74) is 4.32. The highest BCUT2D eigenvalue weighted by atomic mass is 16.3. The molecule has 3 aromatic rings. The van der Waals surface area contributed by atoms with Gasteiger partial charge in [-0.15, -0.1) is 0 Å². The molecule has 1 N–H and O–H groups in total. The molecule has 2 amide bonds. The molecule has 0 spiro atoms. The largest absolute Gasteiger partial charge is 0.459 e. The zero-order valence-corrected chi connectivity index (χ0v) is 15.6. The third kappa shape index (κ3) is 3.98. The van der Waals surface area contributed by atoms with Crippen LogP contribution in [0.1, 0.15) is 34.5 Å². The van der Waals surface area contributed by atoms with Gasteiger partial charge in [-0.3, -0.25) is 9.59 Å². The second-order valence-corrected chi connectivity index (χ2v) is 6.93. The lowest BCUT2D eigenvalue weighted by molar-refractivity contribution is -0.128. The number of nitrogens with zero attached hydrogens (tertiary/aromatic N) is 1. The summed E-state index contributed by atoms with van der Waals surface area (Å²) in [5.74, 6) is 0.311. The Bertz CT molecular complexity index is 962. The Hall–Kier alpha value is -3.34. The van der Waals surface area contributed by atoms with Crippen molar-refractivity contribution >= 4 is 11.8 Å². The summed E-state index contributed by atoms with van der Waals surface area (Å²) in [7, 11) is 0. The zero-order chi connectivity index (χ0) is 19.3. The SMILES string of the molecule is O=C(NCc1ccccc1-c1ccc(CN2CCCC2=O)cc1)c1ccco1. The van der Waals surface area contributed by atoms with Crippen LogP contribution >= 0.6 is 0 Å². The van der Waals surface area contributed by atoms with E-state index in [1.165, 1.54) is 6.26 Å². The number of benzene rings is 2. The number of amides is 2. The van der Waals surface area contributed by atoms with Crippen molar-refractivity contribution in [2.75, 3.05) is 6.54 Å². The Kier molecular flexibility index (Phi) is 5.24. The molecule has 1 fully saturated rings. The van der Waals surface area contributed by atoms with Gasteiger partial charge < -0.3 is 14.6 Å². The minimum Gasteiger partial charge on any atom is -0.459 e. The average molecular weight is 374 g/mol. The molecule has 1 aliphatic rings. The number of hydrogen-bond donors (Lipinski definition) is 1. The van der Waals surface area contributed by atoms with Crippen molar-refractivity contribution in [3.05, 3.63) is 83.8 Å². The lowest BCUT2D eigenvalue weighted by atomic mass is 9.98. The Morgan fingerprint density at radius 3 is 2.57 bits per heavy atom. The van der Waals surface area contributed by atoms with Gasteiger partial charge in [0.2, 0.25) is 5.91 Å². The molecule has 2 aromatic carbocycles. The summed E-state index contributed by atoms with van der Waals surface area (Å²) in [6.45, 7) is 1.93. The summed E-state index contributed by atoms with van der Waals surface area (Å²) in [5, 5.41) is 2.90. The monoisotopic (exact) mass is 374 g/mol. The standard InChI is InChI=1S/C23H22N2O3/c26-22-8-3-13-25(22)16-17-9-11-18(12-10-17)20-6-2-1-5-19(20)15-24-23(27)21-7-4-14-28-21/h1-2,4-7,9-12,14H,3,8,13,15-16H2,(H,24,27). The van der Waals surface area contributed by atoms with Crippen LogP contribution in [0, 0.1) is 0 Å². The highest BCUT2D eigenvalue weighted by molar-refractivity contribution is 5.91. The molecular formula is C23H22N2O3. The van der Waals surface area contributed by atoms with Gasteiger partial charge in [-0.2, -0.15) is 0 Å². The van der Waals surface area contributed by atoms with Crippen molar-refractivity contribution in [2.45, 2.75) is 25.9 Å². The Morgan fingerprint density at radius 2 is 1.86 bits per heavy atom. The van der Waals surface area contributed by atoms with Crippen LogP contribution in [0.4, 0.5) is 0 Å². The van der Waals surface area contributed by atoms with Crippen LogP contribution in [-0.4, -0.2) is 23.3 Å². The van der Waals surface area contributed by atoms with Crippen LogP contribution in [0.25, 0.3) is 11.1 Å². The quantitative estimate of drug-likeness (QED) is 0.709. The molecule has 0 aliphatic carbocycles. The number of furan rings is 1. The maximum atomic E-state index is 12.1. The van der Waals surface area contributed by atoms with Crippen LogP contribution in [0.15, 0.2) is 71.3 Å². The van der Waals surface area contributed by atoms with Crippen molar-refractivity contribution in [2.24, 2.45) is 0 Å². The molecule has 0 radical (unpaired) electrons. The van der Waals surface area contributed by atoms with E-state index >= 15 is 0 Å². The fraction of sp³-hybridized carbons (Fsp3) is 0.217. The topological polar surface area (TPSA) is 62.6 Å². The van der Waals surface area contributed by atoms with Gasteiger partial charge in [0, 0.05) is 26.1 Å². The summed E-state index contributed by atoms with van der Waals surface area (Å²) in [6, 6.07) is 19.6. The van der Waals surface area contributed by atoms with Gasteiger partial charge in [0.25, 0.3) is 5.91 Å². The number of rotatable bonds is 6. The maximum Gasteiger partial charge on any atom is 0.287 e. The Morgan fingerprint density at radius 1 is 1.04 bits per heavy atom. The molecule has 4 rings (SSSR count). The molecule has 1 aliphatic heterocycles. The predicted molar refractivity (Wildman–Crippen MR) is 106 cm³/mol. The van der Waals surface area contributed by atoms with Gasteiger partial charge >= 0.3 is 0 Å². The van der Waals surface area contributed by atoms with Crippen molar-refractivity contribution in [1.82, 2.24) is 10.2 Å². The second-order valence-electron chi connectivity index (χ2n) is 6.93. The smallest absolute Gasteiger partial charge is 0.287 e. The molecule has 5 heteroatoms. The number of nitrogens with one attached hydrogen (secondary N) is 1. The molecule has 1 aromatic heterocycles. The lowest BCUT2D eigenvalue weighted by Gasteiger charge is -2.16. The molecule has 2 heterocycles. The highest BCUT2D eigenvalue weighted by Crippen LogP contribution is 2.25. The first-order chi connectivity index (χ1) is 13.7. The molecule has 0 atom stereocenters. The summed E-state index contributed by atoms with van der Waals surface area (Å²) in [4.78, 5) is 25.8. The first-order valence-electron chi connectivity index (χ1n) is 9.47. The maximum absolute atomic E-state index is 12.1. The van der Waals surface area contributed by atoms with Crippen LogP contribution < -0.4 is 5.32 Å². The van der Waals surface area contributed by atoms with Crippen LogP contribution in [-0.2, 0) is 17.9 Å². The van der Waals surface area contributed by atoms with E-state index in [9.17, 15) is 9.59 Å². The third-order valence-corrected chi connectivity index (χ3v) is 5.01. The summed E-state index contributed by atoms with van der Waals surface area (Å²) in [6.07, 6.45) is 3.10. The van der Waals surface area contributed by atoms with E-state index in [-0.39, 0.29) is 11.8 Å². The van der Waals surface area contributed by atoms with E-state index < -0.39 is 0 Å². The zero-order valence-electron chi connectivity index (χ0n) is 15.6. The minimum absolute atomic E-state index is 0.231. The van der Waals surface area contributed by atoms with Crippen molar-refractivity contribution in [1.29, 1.82) is 0 Å². The molecule has 0 saturated carbocycles. The van der Waals surface area contributed by atoms with E-state index in [0.717, 1.165) is 35.2 Å². The first kappa shape index (κ1) is 18.0.